The molecule has 62 heavy (non-hydrogen) atoms. The van der Waals surface area contributed by atoms with Crippen LogP contribution < -0.4 is 4.90 Å². The maximum Gasteiger partial charge on any atom is 0.135 e. The zero-order valence-corrected chi connectivity index (χ0v) is 33.6. The molecule has 0 saturated carbocycles. The molecule has 0 fully saturated rings. The monoisotopic (exact) mass is 791 g/mol. The second kappa shape index (κ2) is 13.6. The summed E-state index contributed by atoms with van der Waals surface area (Å²) >= 11 is 0. The van der Waals surface area contributed by atoms with Gasteiger partial charge in [-0.3, -0.25) is 0 Å². The van der Waals surface area contributed by atoms with Crippen LogP contribution in [-0.2, 0) is 0 Å². The summed E-state index contributed by atoms with van der Waals surface area (Å²) in [4.78, 5) is 2.36. The van der Waals surface area contributed by atoms with E-state index in [1.807, 2.05) is 12.1 Å². The molecule has 4 nitrogen and oxygen atoms in total. The average Bonchev–Trinajstić information content (AvgIpc) is 3.99. The Hall–Kier alpha value is -8.34. The number of rotatable bonds is 6. The summed E-state index contributed by atoms with van der Waals surface area (Å²) in [6, 6.07) is 81.1. The summed E-state index contributed by atoms with van der Waals surface area (Å²) in [5.74, 6) is 0. The van der Waals surface area contributed by atoms with Crippen molar-refractivity contribution >= 4 is 93.4 Å². The highest BCUT2D eigenvalue weighted by molar-refractivity contribution is 6.11. The molecular formula is C58H37N3O. The summed E-state index contributed by atoms with van der Waals surface area (Å²) in [7, 11) is 0. The van der Waals surface area contributed by atoms with Crippen molar-refractivity contribution in [2.75, 3.05) is 4.90 Å². The minimum Gasteiger partial charge on any atom is -0.456 e. The second-order valence-corrected chi connectivity index (χ2v) is 16.2. The highest BCUT2D eigenvalue weighted by atomic mass is 16.3. The van der Waals surface area contributed by atoms with E-state index in [0.717, 1.165) is 55.9 Å². The number of hydrogen-bond acceptors (Lipinski definition) is 2. The van der Waals surface area contributed by atoms with Crippen LogP contribution in [0.2, 0.25) is 0 Å². The summed E-state index contributed by atoms with van der Waals surface area (Å²) < 4.78 is 11.0. The van der Waals surface area contributed by atoms with E-state index in [9.17, 15) is 0 Å². The fourth-order valence-corrected chi connectivity index (χ4v) is 9.81. The summed E-state index contributed by atoms with van der Waals surface area (Å²) in [5, 5.41) is 9.59. The fourth-order valence-electron chi connectivity index (χ4n) is 9.81. The molecule has 0 spiro atoms. The van der Waals surface area contributed by atoms with E-state index in [-0.39, 0.29) is 0 Å². The third-order valence-electron chi connectivity index (χ3n) is 12.7. The minimum absolute atomic E-state index is 0.879. The molecule has 13 rings (SSSR count). The Kier molecular flexibility index (Phi) is 7.57. The van der Waals surface area contributed by atoms with Gasteiger partial charge in [0.2, 0.25) is 0 Å². The molecule has 0 saturated heterocycles. The van der Waals surface area contributed by atoms with Gasteiger partial charge in [0.1, 0.15) is 11.2 Å². The minimum atomic E-state index is 0.879. The van der Waals surface area contributed by atoms with Gasteiger partial charge in [0.05, 0.1) is 22.1 Å². The maximum absolute atomic E-state index is 6.28. The van der Waals surface area contributed by atoms with Crippen LogP contribution in [0.1, 0.15) is 0 Å². The third kappa shape index (κ3) is 5.33. The van der Waals surface area contributed by atoms with Crippen molar-refractivity contribution < 1.29 is 4.42 Å². The SMILES string of the molecule is c1ccc(-n2c3ccccc3c3ccc(-c4ccc(N(c5ccc6cc(-n7c8ccccc8c8ccccc87)ccc6c5)c5ccc6oc7ccccc7c6c5)cc4)cc32)cc1. The Morgan fingerprint density at radius 1 is 0.290 bits per heavy atom. The Labute approximate surface area is 357 Å². The third-order valence-corrected chi connectivity index (χ3v) is 12.7. The number of anilines is 3. The number of para-hydroxylation sites is 5. The lowest BCUT2D eigenvalue weighted by Crippen LogP contribution is -2.09. The van der Waals surface area contributed by atoms with E-state index in [2.05, 4.69) is 226 Å². The highest BCUT2D eigenvalue weighted by Gasteiger charge is 2.19. The maximum atomic E-state index is 6.28. The molecule has 0 atom stereocenters. The molecule has 4 heteroatoms. The zero-order valence-electron chi connectivity index (χ0n) is 33.6. The molecular weight excluding hydrogens is 755 g/mol. The molecule has 0 aliphatic carbocycles. The lowest BCUT2D eigenvalue weighted by atomic mass is 10.0. The van der Waals surface area contributed by atoms with Gasteiger partial charge in [-0.15, -0.1) is 0 Å². The van der Waals surface area contributed by atoms with Crippen LogP contribution in [0.25, 0.3) is 98.8 Å². The summed E-state index contributed by atoms with van der Waals surface area (Å²) in [5.41, 5.74) is 14.4. The van der Waals surface area contributed by atoms with Crippen LogP contribution in [0, 0.1) is 0 Å². The Morgan fingerprint density at radius 3 is 1.53 bits per heavy atom. The van der Waals surface area contributed by atoms with E-state index in [1.165, 1.54) is 59.9 Å². The quantitative estimate of drug-likeness (QED) is 0.168. The van der Waals surface area contributed by atoms with Gasteiger partial charge >= 0.3 is 0 Å². The van der Waals surface area contributed by atoms with Gasteiger partial charge in [-0.25, -0.2) is 0 Å². The fraction of sp³-hybridized carbons (Fsp3) is 0. The summed E-state index contributed by atoms with van der Waals surface area (Å²) in [6.07, 6.45) is 0. The first kappa shape index (κ1) is 34.5. The lowest BCUT2D eigenvalue weighted by molar-refractivity contribution is 0.669. The molecule has 0 unspecified atom stereocenters. The Morgan fingerprint density at radius 2 is 0.806 bits per heavy atom. The zero-order chi connectivity index (χ0) is 40.7. The topological polar surface area (TPSA) is 26.2 Å². The molecule has 3 heterocycles. The molecule has 0 aliphatic heterocycles. The molecule has 0 amide bonds. The highest BCUT2D eigenvalue weighted by Crippen LogP contribution is 2.42. The van der Waals surface area contributed by atoms with Crippen molar-refractivity contribution in [1.29, 1.82) is 0 Å². The van der Waals surface area contributed by atoms with Crippen molar-refractivity contribution in [3.05, 3.63) is 224 Å². The number of fused-ring (bicyclic) bond motifs is 10. The van der Waals surface area contributed by atoms with Gasteiger partial charge in [0.25, 0.3) is 0 Å². The Balaban J connectivity index is 0.937. The van der Waals surface area contributed by atoms with Crippen LogP contribution in [0.5, 0.6) is 0 Å². The summed E-state index contributed by atoms with van der Waals surface area (Å²) in [6.45, 7) is 0. The average molecular weight is 792 g/mol. The van der Waals surface area contributed by atoms with E-state index in [0.29, 0.717) is 0 Å². The smallest absolute Gasteiger partial charge is 0.135 e. The van der Waals surface area contributed by atoms with E-state index < -0.39 is 0 Å². The largest absolute Gasteiger partial charge is 0.456 e. The van der Waals surface area contributed by atoms with Crippen LogP contribution in [-0.4, -0.2) is 9.13 Å². The molecule has 0 N–H and O–H groups in total. The van der Waals surface area contributed by atoms with Crippen molar-refractivity contribution in [1.82, 2.24) is 9.13 Å². The second-order valence-electron chi connectivity index (χ2n) is 16.2. The lowest BCUT2D eigenvalue weighted by Gasteiger charge is -2.26. The van der Waals surface area contributed by atoms with E-state index in [1.54, 1.807) is 0 Å². The molecule has 290 valence electrons. The van der Waals surface area contributed by atoms with Crippen LogP contribution in [0.4, 0.5) is 17.1 Å². The first-order valence-corrected chi connectivity index (χ1v) is 21.2. The normalized spacial score (nSPS) is 11.9. The molecule has 3 aromatic heterocycles. The van der Waals surface area contributed by atoms with E-state index >= 15 is 0 Å². The standard InChI is InChI=1S/C58H37N3O/c1-2-12-42(13-3-1)60-53-18-8-6-16-49(53)50-32-26-41(36-56(50)60)38-22-27-43(28-23-38)59(46-31-33-58-52(37-46)51-17-7-11-21-57(51)62-58)44-29-24-40-35-45(30-25-39(40)34-44)61-54-19-9-4-14-47(54)48-15-5-10-20-55(48)61/h1-37H. The first-order valence-electron chi connectivity index (χ1n) is 21.2. The van der Waals surface area contributed by atoms with Crippen LogP contribution >= 0.6 is 0 Å². The van der Waals surface area contributed by atoms with Crippen molar-refractivity contribution in [2.24, 2.45) is 0 Å². The molecule has 13 aromatic rings. The van der Waals surface area contributed by atoms with Crippen LogP contribution in [0.3, 0.4) is 0 Å². The van der Waals surface area contributed by atoms with Gasteiger partial charge in [-0.1, -0.05) is 127 Å². The van der Waals surface area contributed by atoms with Crippen LogP contribution in [0.15, 0.2) is 229 Å². The van der Waals surface area contributed by atoms with Crippen molar-refractivity contribution in [3.63, 3.8) is 0 Å². The number of hydrogen-bond donors (Lipinski definition) is 0. The Bertz CT molecular complexity index is 3820. The van der Waals surface area contributed by atoms with Crippen molar-refractivity contribution in [2.45, 2.75) is 0 Å². The van der Waals surface area contributed by atoms with E-state index in [4.69, 9.17) is 4.42 Å². The first-order chi connectivity index (χ1) is 30.7. The number of nitrogens with zero attached hydrogens (tertiary/aromatic N) is 3. The molecule has 10 aromatic carbocycles. The van der Waals surface area contributed by atoms with Gasteiger partial charge < -0.3 is 18.5 Å². The van der Waals surface area contributed by atoms with Crippen molar-refractivity contribution in [3.8, 4) is 22.5 Å². The molecule has 0 radical (unpaired) electrons. The van der Waals surface area contributed by atoms with Gasteiger partial charge in [0.15, 0.2) is 0 Å². The van der Waals surface area contributed by atoms with Gasteiger partial charge in [-0.2, -0.15) is 0 Å². The number of aromatic nitrogens is 2. The predicted molar refractivity (Wildman–Crippen MR) is 260 cm³/mol. The van der Waals surface area contributed by atoms with Gasteiger partial charge in [-0.05, 0) is 119 Å². The number of furan rings is 1. The molecule has 0 aliphatic rings. The predicted octanol–water partition coefficient (Wildman–Crippen LogP) is 16.1. The van der Waals surface area contributed by atoms with Gasteiger partial charge in [0, 0.05) is 60.8 Å². The molecule has 0 bridgehead atoms. The number of benzene rings is 10.